The minimum atomic E-state index is -1.05. The number of morpholine rings is 1. The molecule has 6 heteroatoms. The first-order valence-electron chi connectivity index (χ1n) is 7.01. The number of carbonyl (C=O) groups is 1. The number of carboxylic acid groups (broad SMARTS) is 1. The second-order valence-corrected chi connectivity index (χ2v) is 5.13. The summed E-state index contributed by atoms with van der Waals surface area (Å²) in [6.07, 6.45) is -0.322. The normalized spacial score (nSPS) is 19.4. The number of halogens is 1. The van der Waals surface area contributed by atoms with Gasteiger partial charge in [0.05, 0.1) is 19.6 Å². The van der Waals surface area contributed by atoms with E-state index in [-0.39, 0.29) is 12.0 Å². The Morgan fingerprint density at radius 3 is 3.05 bits per heavy atom. The third-order valence-corrected chi connectivity index (χ3v) is 3.52. The van der Waals surface area contributed by atoms with E-state index in [2.05, 4.69) is 11.8 Å². The molecule has 21 heavy (non-hydrogen) atoms. The van der Waals surface area contributed by atoms with Gasteiger partial charge in [0.2, 0.25) is 0 Å². The predicted octanol–water partition coefficient (Wildman–Crippen LogP) is 1.55. The number of hydrogen-bond donors (Lipinski definition) is 1. The van der Waals surface area contributed by atoms with Gasteiger partial charge in [0, 0.05) is 25.2 Å². The number of benzene rings is 1. The maximum atomic E-state index is 13.7. The van der Waals surface area contributed by atoms with Gasteiger partial charge in [-0.2, -0.15) is 0 Å². The van der Waals surface area contributed by atoms with E-state index in [0.29, 0.717) is 18.4 Å². The molecule has 1 aromatic rings. The van der Waals surface area contributed by atoms with Crippen LogP contribution >= 0.6 is 0 Å². The lowest BCUT2D eigenvalue weighted by atomic mass is 10.1. The third-order valence-electron chi connectivity index (χ3n) is 3.52. The van der Waals surface area contributed by atoms with Crippen LogP contribution in [0.15, 0.2) is 18.2 Å². The number of rotatable bonds is 6. The molecule has 1 atom stereocenters. The number of ether oxygens (including phenoxy) is 2. The van der Waals surface area contributed by atoms with Gasteiger partial charge in [0.1, 0.15) is 18.2 Å². The van der Waals surface area contributed by atoms with E-state index in [1.165, 1.54) is 12.1 Å². The van der Waals surface area contributed by atoms with Gasteiger partial charge < -0.3 is 14.6 Å². The minimum absolute atomic E-state index is 0.164. The van der Waals surface area contributed by atoms with Gasteiger partial charge in [0.25, 0.3) is 0 Å². The van der Waals surface area contributed by atoms with Gasteiger partial charge in [-0.05, 0) is 18.6 Å². The molecule has 0 bridgehead atoms. The van der Waals surface area contributed by atoms with Crippen molar-refractivity contribution in [1.82, 2.24) is 4.90 Å². The molecule has 116 valence electrons. The van der Waals surface area contributed by atoms with E-state index >= 15 is 0 Å². The Kier molecular flexibility index (Phi) is 5.52. The standard InChI is InChI=1S/C15H20FNO4/c1-11-10-20-6-4-17(11)5-7-21-13-3-2-12(8-15(18)19)14(16)9-13/h2-3,9,11H,4-8,10H2,1H3,(H,18,19)/t11-/m1/s1. The fraction of sp³-hybridized carbons (Fsp3) is 0.533. The van der Waals surface area contributed by atoms with Crippen LogP contribution < -0.4 is 4.74 Å². The molecule has 0 saturated carbocycles. The molecular formula is C15H20FNO4. The minimum Gasteiger partial charge on any atom is -0.492 e. The van der Waals surface area contributed by atoms with Crippen LogP contribution in [0.1, 0.15) is 12.5 Å². The Hall–Kier alpha value is -1.66. The zero-order valence-corrected chi connectivity index (χ0v) is 12.0. The molecule has 0 unspecified atom stereocenters. The number of hydrogen-bond acceptors (Lipinski definition) is 4. The summed E-state index contributed by atoms with van der Waals surface area (Å²) in [5.74, 6) is -1.18. The Morgan fingerprint density at radius 1 is 1.57 bits per heavy atom. The highest BCUT2D eigenvalue weighted by Gasteiger charge is 2.18. The maximum absolute atomic E-state index is 13.7. The highest BCUT2D eigenvalue weighted by atomic mass is 19.1. The first-order chi connectivity index (χ1) is 10.1. The highest BCUT2D eigenvalue weighted by molar-refractivity contribution is 5.70. The molecule has 1 saturated heterocycles. The second kappa shape index (κ2) is 7.38. The molecule has 0 radical (unpaired) electrons. The van der Waals surface area contributed by atoms with Crippen LogP contribution in [0.25, 0.3) is 0 Å². The van der Waals surface area contributed by atoms with E-state index in [0.717, 1.165) is 26.3 Å². The van der Waals surface area contributed by atoms with Gasteiger partial charge in [0.15, 0.2) is 0 Å². The van der Waals surface area contributed by atoms with Crippen molar-refractivity contribution < 1.29 is 23.8 Å². The van der Waals surface area contributed by atoms with Crippen LogP contribution in [0.2, 0.25) is 0 Å². The van der Waals surface area contributed by atoms with Crippen molar-refractivity contribution in [3.8, 4) is 5.75 Å². The summed E-state index contributed by atoms with van der Waals surface area (Å²) in [6, 6.07) is 4.65. The van der Waals surface area contributed by atoms with Crippen molar-refractivity contribution in [2.45, 2.75) is 19.4 Å². The van der Waals surface area contributed by atoms with Crippen molar-refractivity contribution in [2.24, 2.45) is 0 Å². The smallest absolute Gasteiger partial charge is 0.307 e. The average molecular weight is 297 g/mol. The Balaban J connectivity index is 1.83. The summed E-state index contributed by atoms with van der Waals surface area (Å²) in [4.78, 5) is 12.8. The molecular weight excluding hydrogens is 277 g/mol. The van der Waals surface area contributed by atoms with E-state index in [4.69, 9.17) is 14.6 Å². The topological polar surface area (TPSA) is 59.0 Å². The van der Waals surface area contributed by atoms with Gasteiger partial charge in [-0.15, -0.1) is 0 Å². The Labute approximate surface area is 123 Å². The second-order valence-electron chi connectivity index (χ2n) is 5.13. The molecule has 1 aromatic carbocycles. The zero-order valence-electron chi connectivity index (χ0n) is 12.0. The lowest BCUT2D eigenvalue weighted by Crippen LogP contribution is -2.45. The van der Waals surface area contributed by atoms with Crippen LogP contribution in [-0.2, 0) is 16.0 Å². The molecule has 0 aliphatic carbocycles. The average Bonchev–Trinajstić information content (AvgIpc) is 2.43. The molecule has 1 fully saturated rings. The van der Waals surface area contributed by atoms with Crippen molar-refractivity contribution in [1.29, 1.82) is 0 Å². The fourth-order valence-electron chi connectivity index (χ4n) is 2.30. The first kappa shape index (κ1) is 15.7. The van der Waals surface area contributed by atoms with E-state index in [9.17, 15) is 9.18 Å². The molecule has 0 amide bonds. The molecule has 1 heterocycles. The summed E-state index contributed by atoms with van der Waals surface area (Å²) in [6.45, 7) is 5.63. The molecule has 2 rings (SSSR count). The molecule has 0 spiro atoms. The van der Waals surface area contributed by atoms with Gasteiger partial charge >= 0.3 is 5.97 Å². The summed E-state index contributed by atoms with van der Waals surface area (Å²) < 4.78 is 24.6. The molecule has 0 aromatic heterocycles. The molecule has 5 nitrogen and oxygen atoms in total. The lowest BCUT2D eigenvalue weighted by molar-refractivity contribution is -0.136. The van der Waals surface area contributed by atoms with Crippen molar-refractivity contribution in [3.63, 3.8) is 0 Å². The van der Waals surface area contributed by atoms with Crippen LogP contribution in [0.5, 0.6) is 5.75 Å². The summed E-state index contributed by atoms with van der Waals surface area (Å²) in [5, 5.41) is 8.66. The lowest BCUT2D eigenvalue weighted by Gasteiger charge is -2.32. The summed E-state index contributed by atoms with van der Waals surface area (Å²) >= 11 is 0. The molecule has 1 aliphatic rings. The van der Waals surface area contributed by atoms with E-state index in [1.807, 2.05) is 0 Å². The van der Waals surface area contributed by atoms with Gasteiger partial charge in [-0.3, -0.25) is 9.69 Å². The third kappa shape index (κ3) is 4.68. The SMILES string of the molecule is C[C@@H]1COCCN1CCOc1ccc(CC(=O)O)c(F)c1. The van der Waals surface area contributed by atoms with Crippen molar-refractivity contribution in [2.75, 3.05) is 32.9 Å². The number of aliphatic carboxylic acids is 1. The summed E-state index contributed by atoms with van der Waals surface area (Å²) in [5.41, 5.74) is 0.164. The Morgan fingerprint density at radius 2 is 2.38 bits per heavy atom. The van der Waals surface area contributed by atoms with E-state index < -0.39 is 11.8 Å². The van der Waals surface area contributed by atoms with Crippen LogP contribution in [0.4, 0.5) is 4.39 Å². The van der Waals surface area contributed by atoms with E-state index in [1.54, 1.807) is 6.07 Å². The van der Waals surface area contributed by atoms with Crippen molar-refractivity contribution in [3.05, 3.63) is 29.6 Å². The molecule has 1 aliphatic heterocycles. The predicted molar refractivity (Wildman–Crippen MR) is 75.1 cm³/mol. The quantitative estimate of drug-likeness (QED) is 0.863. The first-order valence-corrected chi connectivity index (χ1v) is 7.01. The van der Waals surface area contributed by atoms with Gasteiger partial charge in [-0.25, -0.2) is 4.39 Å². The number of nitrogens with zero attached hydrogens (tertiary/aromatic N) is 1. The highest BCUT2D eigenvalue weighted by Crippen LogP contribution is 2.17. The fourth-order valence-corrected chi connectivity index (χ4v) is 2.30. The largest absolute Gasteiger partial charge is 0.492 e. The van der Waals surface area contributed by atoms with Crippen molar-refractivity contribution >= 4 is 5.97 Å². The van der Waals surface area contributed by atoms with Gasteiger partial charge in [-0.1, -0.05) is 6.07 Å². The van der Waals surface area contributed by atoms with Crippen LogP contribution in [-0.4, -0.2) is 54.9 Å². The monoisotopic (exact) mass is 297 g/mol. The maximum Gasteiger partial charge on any atom is 0.307 e. The van der Waals surface area contributed by atoms with Crippen LogP contribution in [0.3, 0.4) is 0 Å². The Bertz CT molecular complexity index is 495. The molecule has 1 N–H and O–H groups in total. The zero-order chi connectivity index (χ0) is 15.2. The number of carboxylic acids is 1. The van der Waals surface area contributed by atoms with Crippen LogP contribution in [0, 0.1) is 5.82 Å². The summed E-state index contributed by atoms with van der Waals surface area (Å²) in [7, 11) is 0.